The van der Waals surface area contributed by atoms with Crippen molar-refractivity contribution in [3.63, 3.8) is 0 Å². The van der Waals surface area contributed by atoms with Gasteiger partial charge in [-0.3, -0.25) is 0 Å². The van der Waals surface area contributed by atoms with E-state index in [0.29, 0.717) is 5.92 Å². The average molecular weight is 393 g/mol. The Balaban J connectivity index is 2.28. The van der Waals surface area contributed by atoms with Gasteiger partial charge in [-0.15, -0.1) is 0 Å². The van der Waals surface area contributed by atoms with E-state index in [4.69, 9.17) is 5.41 Å². The van der Waals surface area contributed by atoms with Gasteiger partial charge in [0.05, 0.1) is 23.9 Å². The highest BCUT2D eigenvalue weighted by Crippen LogP contribution is 2.55. The summed E-state index contributed by atoms with van der Waals surface area (Å²) in [5, 5.41) is 38.0. The van der Waals surface area contributed by atoms with Crippen LogP contribution in [0.3, 0.4) is 0 Å². The summed E-state index contributed by atoms with van der Waals surface area (Å²) in [5.41, 5.74) is 0.0858. The zero-order valence-corrected chi connectivity index (χ0v) is 15.4. The average Bonchev–Trinajstić information content (AvgIpc) is 2.61. The number of halogens is 1. The zero-order chi connectivity index (χ0) is 18.2. The Kier molecular flexibility index (Phi) is 4.51. The van der Waals surface area contributed by atoms with E-state index in [1.807, 2.05) is 24.3 Å². The summed E-state index contributed by atoms with van der Waals surface area (Å²) in [6, 6.07) is 14.0. The topological polar surface area (TPSA) is 95.2 Å². The lowest BCUT2D eigenvalue weighted by molar-refractivity contribution is 0.283. The summed E-state index contributed by atoms with van der Waals surface area (Å²) in [6.07, 6.45) is 3.75. The van der Waals surface area contributed by atoms with Crippen molar-refractivity contribution in [2.24, 2.45) is 23.2 Å². The molecule has 1 fully saturated rings. The molecular formula is C20H17BrN4. The first-order chi connectivity index (χ1) is 12.0. The van der Waals surface area contributed by atoms with Gasteiger partial charge in [-0.05, 0) is 47.9 Å². The molecule has 3 rings (SSSR count). The van der Waals surface area contributed by atoms with Gasteiger partial charge in [-0.1, -0.05) is 41.1 Å². The molecule has 2 aliphatic rings. The SMILES string of the molecule is C[C@@H]1CC=C2C(C#N)C(=N)C(C#N)(C#N)[C@@H](c3cccc(Br)c3)[C@@H]2C1. The molecule has 1 N–H and O–H groups in total. The van der Waals surface area contributed by atoms with Crippen molar-refractivity contribution in [3.05, 3.63) is 46.0 Å². The minimum absolute atomic E-state index is 0.0731. The van der Waals surface area contributed by atoms with Crippen molar-refractivity contribution in [1.29, 1.82) is 21.2 Å². The van der Waals surface area contributed by atoms with E-state index in [1.165, 1.54) is 0 Å². The summed E-state index contributed by atoms with van der Waals surface area (Å²) in [6.45, 7) is 2.15. The number of nitriles is 3. The molecule has 5 heteroatoms. The molecule has 1 aromatic rings. The van der Waals surface area contributed by atoms with Crippen molar-refractivity contribution in [2.45, 2.75) is 25.7 Å². The Morgan fingerprint density at radius 3 is 2.56 bits per heavy atom. The Labute approximate surface area is 156 Å². The van der Waals surface area contributed by atoms with E-state index in [1.54, 1.807) is 0 Å². The molecule has 1 unspecified atom stereocenters. The molecular weight excluding hydrogens is 376 g/mol. The largest absolute Gasteiger partial charge is 0.305 e. The zero-order valence-electron chi connectivity index (χ0n) is 13.8. The molecule has 25 heavy (non-hydrogen) atoms. The van der Waals surface area contributed by atoms with Crippen LogP contribution < -0.4 is 0 Å². The summed E-state index contributed by atoms with van der Waals surface area (Å²) in [7, 11) is 0. The predicted molar refractivity (Wildman–Crippen MR) is 97.3 cm³/mol. The fourth-order valence-corrected chi connectivity index (χ4v) is 4.70. The standard InChI is InChI=1S/C20H17BrN4/c1-12-5-6-15-16(7-12)18(13-3-2-4-14(21)8-13)20(10-23,11-24)19(25)17(15)9-22/h2-4,6,8,12,16-18,25H,5,7H2,1H3/t12-,16-,17?,18+/m1/s1. The van der Waals surface area contributed by atoms with Gasteiger partial charge < -0.3 is 5.41 Å². The molecule has 4 nitrogen and oxygen atoms in total. The second kappa shape index (κ2) is 6.47. The maximum absolute atomic E-state index is 9.93. The van der Waals surface area contributed by atoms with Gasteiger partial charge in [0.1, 0.15) is 5.92 Å². The normalized spacial score (nSPS) is 30.2. The number of hydrogen-bond donors (Lipinski definition) is 1. The third kappa shape index (κ3) is 2.58. The summed E-state index contributed by atoms with van der Waals surface area (Å²) < 4.78 is 0.873. The number of hydrogen-bond acceptors (Lipinski definition) is 4. The van der Waals surface area contributed by atoms with Crippen LogP contribution in [-0.2, 0) is 0 Å². The highest BCUT2D eigenvalue weighted by atomic mass is 79.9. The van der Waals surface area contributed by atoms with E-state index in [2.05, 4.69) is 47.1 Å². The quantitative estimate of drug-likeness (QED) is 0.700. The fraction of sp³-hybridized carbons (Fsp3) is 0.400. The van der Waals surface area contributed by atoms with Gasteiger partial charge in [0.2, 0.25) is 0 Å². The molecule has 0 saturated heterocycles. The lowest BCUT2D eigenvalue weighted by Gasteiger charge is -2.46. The lowest BCUT2D eigenvalue weighted by Crippen LogP contribution is -2.49. The monoisotopic (exact) mass is 392 g/mol. The number of rotatable bonds is 1. The van der Waals surface area contributed by atoms with Crippen LogP contribution >= 0.6 is 15.9 Å². The van der Waals surface area contributed by atoms with E-state index < -0.39 is 17.3 Å². The highest BCUT2D eigenvalue weighted by molar-refractivity contribution is 9.10. The molecule has 1 aromatic carbocycles. The van der Waals surface area contributed by atoms with Crippen molar-refractivity contribution < 1.29 is 0 Å². The third-order valence-corrected chi connectivity index (χ3v) is 5.94. The molecule has 0 aromatic heterocycles. The molecule has 0 bridgehead atoms. The van der Waals surface area contributed by atoms with Crippen molar-refractivity contribution >= 4 is 21.6 Å². The first kappa shape index (κ1) is 17.4. The molecule has 124 valence electrons. The minimum atomic E-state index is -1.61. The molecule has 0 heterocycles. The van der Waals surface area contributed by atoms with Gasteiger partial charge >= 0.3 is 0 Å². The first-order valence-corrected chi connectivity index (χ1v) is 9.04. The Morgan fingerprint density at radius 1 is 1.24 bits per heavy atom. The van der Waals surface area contributed by atoms with Gasteiger partial charge in [-0.2, -0.15) is 15.8 Å². The van der Waals surface area contributed by atoms with Crippen molar-refractivity contribution in [1.82, 2.24) is 0 Å². The van der Waals surface area contributed by atoms with Crippen LogP contribution in [0.2, 0.25) is 0 Å². The smallest absolute Gasteiger partial charge is 0.189 e. The number of nitrogens with zero attached hydrogens (tertiary/aromatic N) is 3. The number of fused-ring (bicyclic) bond motifs is 1. The number of allylic oxidation sites excluding steroid dienone is 2. The van der Waals surface area contributed by atoms with E-state index >= 15 is 0 Å². The van der Waals surface area contributed by atoms with Gasteiger partial charge in [0.25, 0.3) is 0 Å². The third-order valence-electron chi connectivity index (χ3n) is 5.45. The van der Waals surface area contributed by atoms with Crippen LogP contribution in [0.1, 0.15) is 31.2 Å². The molecule has 0 amide bonds. The highest BCUT2D eigenvalue weighted by Gasteiger charge is 2.57. The summed E-state index contributed by atoms with van der Waals surface area (Å²) in [4.78, 5) is 0. The van der Waals surface area contributed by atoms with Crippen LogP contribution in [0.15, 0.2) is 40.4 Å². The van der Waals surface area contributed by atoms with Crippen LogP contribution in [0.4, 0.5) is 0 Å². The molecule has 0 aliphatic heterocycles. The van der Waals surface area contributed by atoms with Crippen LogP contribution in [0, 0.1) is 62.6 Å². The molecule has 1 saturated carbocycles. The fourth-order valence-electron chi connectivity index (χ4n) is 4.28. The van der Waals surface area contributed by atoms with Gasteiger partial charge in [0.15, 0.2) is 5.41 Å². The van der Waals surface area contributed by atoms with Crippen LogP contribution in [0.5, 0.6) is 0 Å². The van der Waals surface area contributed by atoms with Crippen LogP contribution in [0.25, 0.3) is 0 Å². The van der Waals surface area contributed by atoms with Gasteiger partial charge in [0, 0.05) is 10.4 Å². The maximum atomic E-state index is 9.93. The molecule has 4 atom stereocenters. The van der Waals surface area contributed by atoms with Crippen LogP contribution in [-0.4, -0.2) is 5.71 Å². The maximum Gasteiger partial charge on any atom is 0.189 e. The van der Waals surface area contributed by atoms with Gasteiger partial charge in [-0.25, -0.2) is 0 Å². The van der Waals surface area contributed by atoms with E-state index in [-0.39, 0.29) is 11.6 Å². The van der Waals surface area contributed by atoms with E-state index in [9.17, 15) is 15.8 Å². The Hall–Kier alpha value is -2.42. The molecule has 2 aliphatic carbocycles. The lowest BCUT2D eigenvalue weighted by atomic mass is 9.52. The predicted octanol–water partition coefficient (Wildman–Crippen LogP) is 4.71. The molecule has 0 spiro atoms. The Morgan fingerprint density at radius 2 is 1.96 bits per heavy atom. The Bertz CT molecular complexity index is 866. The number of nitrogens with one attached hydrogen (secondary N) is 1. The number of benzene rings is 1. The summed E-state index contributed by atoms with van der Waals surface area (Å²) in [5.74, 6) is -0.868. The molecule has 0 radical (unpaired) electrons. The summed E-state index contributed by atoms with van der Waals surface area (Å²) >= 11 is 3.46. The second-order valence-electron chi connectivity index (χ2n) is 6.93. The first-order valence-electron chi connectivity index (χ1n) is 8.25. The van der Waals surface area contributed by atoms with Crippen molar-refractivity contribution in [3.8, 4) is 18.2 Å². The second-order valence-corrected chi connectivity index (χ2v) is 7.84. The minimum Gasteiger partial charge on any atom is -0.305 e. The van der Waals surface area contributed by atoms with E-state index in [0.717, 1.165) is 28.5 Å². The van der Waals surface area contributed by atoms with Crippen molar-refractivity contribution in [2.75, 3.05) is 0 Å².